The molecule has 28 heavy (non-hydrogen) atoms. The van der Waals surface area contributed by atoms with E-state index in [2.05, 4.69) is 25.2 Å². The standard InChI is InChI=1S/C22H44NO4P/c1-5-6-7-8-9-10-11-12-13-14-15-16-17-18-19-20-22(24,28(25,26)27)21-23(2,3)4/h12-13,16-17,24H,5-11,14-15,18-21H2,1-4H3,(H-,25,26,27)/p+1/b13-12-,17-16-. The maximum absolute atomic E-state index is 11.7. The molecule has 3 N–H and O–H groups in total. The molecule has 0 radical (unpaired) electrons. The predicted octanol–water partition coefficient (Wildman–Crippen LogP) is 5.37. The van der Waals surface area contributed by atoms with E-state index in [0.29, 0.717) is 10.9 Å². The largest absolute Gasteiger partial charge is 0.373 e. The summed E-state index contributed by atoms with van der Waals surface area (Å²) >= 11 is 0. The van der Waals surface area contributed by atoms with Crippen molar-refractivity contribution in [3.05, 3.63) is 24.3 Å². The Balaban J connectivity index is 3.91. The fourth-order valence-corrected chi connectivity index (χ4v) is 4.34. The van der Waals surface area contributed by atoms with Crippen molar-refractivity contribution in [2.45, 2.75) is 89.3 Å². The normalized spacial score (nSPS) is 15.5. The molecule has 0 fully saturated rings. The molecule has 5 nitrogen and oxygen atoms in total. The van der Waals surface area contributed by atoms with E-state index in [1.165, 1.54) is 44.9 Å². The zero-order valence-corrected chi connectivity index (χ0v) is 19.5. The molecule has 0 aliphatic carbocycles. The minimum atomic E-state index is -4.57. The van der Waals surface area contributed by atoms with Gasteiger partial charge in [-0.15, -0.1) is 0 Å². The highest BCUT2D eigenvalue weighted by molar-refractivity contribution is 7.53. The van der Waals surface area contributed by atoms with Gasteiger partial charge in [0.1, 0.15) is 6.54 Å². The molecule has 0 saturated heterocycles. The third-order valence-corrected chi connectivity index (χ3v) is 6.22. The van der Waals surface area contributed by atoms with Crippen LogP contribution in [0, 0.1) is 0 Å². The first kappa shape index (κ1) is 27.5. The maximum Gasteiger partial charge on any atom is 0.362 e. The first-order valence-corrected chi connectivity index (χ1v) is 12.5. The van der Waals surface area contributed by atoms with Gasteiger partial charge in [0, 0.05) is 0 Å². The SMILES string of the molecule is CCCCCCCC/C=C\CC/C=C\CCCC(O)(C[N+](C)(C)C)P(=O)(O)O. The van der Waals surface area contributed by atoms with Crippen molar-refractivity contribution < 1.29 is 23.9 Å². The third-order valence-electron chi connectivity index (χ3n) is 4.78. The van der Waals surface area contributed by atoms with E-state index in [-0.39, 0.29) is 13.0 Å². The monoisotopic (exact) mass is 418 g/mol. The van der Waals surface area contributed by atoms with Gasteiger partial charge in [-0.05, 0) is 44.9 Å². The lowest BCUT2D eigenvalue weighted by Gasteiger charge is -2.35. The summed E-state index contributed by atoms with van der Waals surface area (Å²) in [4.78, 5) is 19.1. The van der Waals surface area contributed by atoms with Crippen LogP contribution in [-0.4, -0.2) is 52.4 Å². The number of hydrogen-bond acceptors (Lipinski definition) is 2. The zero-order valence-electron chi connectivity index (χ0n) is 18.6. The Hall–Kier alpha value is -0.450. The van der Waals surface area contributed by atoms with Crippen molar-refractivity contribution >= 4 is 7.60 Å². The Morgan fingerprint density at radius 3 is 1.75 bits per heavy atom. The molecular formula is C22H45NO4P+. The lowest BCUT2D eigenvalue weighted by molar-refractivity contribution is -0.875. The minimum absolute atomic E-state index is 0.0321. The van der Waals surface area contributed by atoms with Gasteiger partial charge in [0.15, 0.2) is 0 Å². The van der Waals surface area contributed by atoms with Crippen LogP contribution in [0.2, 0.25) is 0 Å². The lowest BCUT2D eigenvalue weighted by atomic mass is 10.1. The molecule has 6 heteroatoms. The lowest BCUT2D eigenvalue weighted by Crippen LogP contribution is -2.49. The van der Waals surface area contributed by atoms with Crippen LogP contribution in [0.25, 0.3) is 0 Å². The number of aliphatic hydroxyl groups is 1. The van der Waals surface area contributed by atoms with Gasteiger partial charge in [-0.3, -0.25) is 4.57 Å². The molecule has 0 aromatic heterocycles. The number of likely N-dealkylation sites (N-methyl/N-ethyl adjacent to an activating group) is 1. The van der Waals surface area contributed by atoms with Crippen LogP contribution in [-0.2, 0) is 4.57 Å². The topological polar surface area (TPSA) is 77.8 Å². The van der Waals surface area contributed by atoms with E-state index in [1.54, 1.807) is 0 Å². The first-order chi connectivity index (χ1) is 13.0. The summed E-state index contributed by atoms with van der Waals surface area (Å²) in [6.07, 6.45) is 21.3. The molecule has 0 spiro atoms. The van der Waals surface area contributed by atoms with E-state index >= 15 is 0 Å². The fraction of sp³-hybridized carbons (Fsp3) is 0.818. The summed E-state index contributed by atoms with van der Waals surface area (Å²) in [6.45, 7) is 2.27. The summed E-state index contributed by atoms with van der Waals surface area (Å²) in [6, 6.07) is 0. The van der Waals surface area contributed by atoms with Crippen molar-refractivity contribution in [3.8, 4) is 0 Å². The number of unbranched alkanes of at least 4 members (excludes halogenated alkanes) is 8. The Morgan fingerprint density at radius 1 is 0.786 bits per heavy atom. The second-order valence-corrected chi connectivity index (χ2v) is 10.9. The molecule has 0 aliphatic rings. The van der Waals surface area contributed by atoms with Gasteiger partial charge in [-0.25, -0.2) is 0 Å². The molecule has 0 aromatic rings. The number of rotatable bonds is 17. The third kappa shape index (κ3) is 14.5. The average molecular weight is 419 g/mol. The van der Waals surface area contributed by atoms with Crippen LogP contribution in [0.4, 0.5) is 0 Å². The number of hydrogen-bond donors (Lipinski definition) is 3. The van der Waals surface area contributed by atoms with E-state index < -0.39 is 12.9 Å². The molecular weight excluding hydrogens is 373 g/mol. The van der Waals surface area contributed by atoms with E-state index in [0.717, 1.165) is 19.3 Å². The van der Waals surface area contributed by atoms with E-state index in [9.17, 15) is 19.5 Å². The summed E-state index contributed by atoms with van der Waals surface area (Å²) in [7, 11) is 0.894. The maximum atomic E-state index is 11.7. The van der Waals surface area contributed by atoms with Crippen LogP contribution in [0.3, 0.4) is 0 Å². The first-order valence-electron chi connectivity index (χ1n) is 10.9. The van der Waals surface area contributed by atoms with Gasteiger partial charge in [0.2, 0.25) is 5.34 Å². The van der Waals surface area contributed by atoms with Crippen molar-refractivity contribution in [2.24, 2.45) is 0 Å². The minimum Gasteiger partial charge on any atom is -0.373 e. The Labute approximate surface area is 173 Å². The van der Waals surface area contributed by atoms with E-state index in [4.69, 9.17) is 0 Å². The van der Waals surface area contributed by atoms with Crippen LogP contribution >= 0.6 is 7.60 Å². The predicted molar refractivity (Wildman–Crippen MR) is 119 cm³/mol. The molecule has 1 atom stereocenters. The second kappa shape index (κ2) is 14.5. The van der Waals surface area contributed by atoms with Gasteiger partial charge in [-0.1, -0.05) is 63.3 Å². The van der Waals surface area contributed by atoms with Crippen LogP contribution in [0.1, 0.15) is 84.0 Å². The molecule has 0 heterocycles. The Bertz CT molecular complexity index is 493. The van der Waals surface area contributed by atoms with Crippen molar-refractivity contribution in [2.75, 3.05) is 27.7 Å². The van der Waals surface area contributed by atoms with Gasteiger partial charge in [0.05, 0.1) is 21.1 Å². The second-order valence-electron chi connectivity index (χ2n) is 8.94. The number of allylic oxidation sites excluding steroid dienone is 4. The molecule has 0 saturated carbocycles. The summed E-state index contributed by atoms with van der Waals surface area (Å²) in [5, 5.41) is 8.53. The van der Waals surface area contributed by atoms with Gasteiger partial charge in [0.25, 0.3) is 0 Å². The van der Waals surface area contributed by atoms with E-state index in [1.807, 2.05) is 27.2 Å². The highest BCUT2D eigenvalue weighted by atomic mass is 31.2. The number of nitrogens with zero attached hydrogens (tertiary/aromatic N) is 1. The van der Waals surface area contributed by atoms with Gasteiger partial charge in [-0.2, -0.15) is 0 Å². The van der Waals surface area contributed by atoms with Crippen LogP contribution in [0.15, 0.2) is 24.3 Å². The van der Waals surface area contributed by atoms with Crippen LogP contribution in [0.5, 0.6) is 0 Å². The molecule has 166 valence electrons. The molecule has 0 aliphatic heterocycles. The highest BCUT2D eigenvalue weighted by Crippen LogP contribution is 2.52. The summed E-state index contributed by atoms with van der Waals surface area (Å²) in [5.74, 6) is 0. The quantitative estimate of drug-likeness (QED) is 0.128. The van der Waals surface area contributed by atoms with Gasteiger partial charge < -0.3 is 19.4 Å². The molecule has 0 bridgehead atoms. The highest BCUT2D eigenvalue weighted by Gasteiger charge is 2.48. The van der Waals surface area contributed by atoms with Gasteiger partial charge >= 0.3 is 7.60 Å². The molecule has 0 rings (SSSR count). The zero-order chi connectivity index (χ0) is 21.5. The Kier molecular flexibility index (Phi) is 14.3. The van der Waals surface area contributed by atoms with Crippen molar-refractivity contribution in [1.82, 2.24) is 0 Å². The average Bonchev–Trinajstić information content (AvgIpc) is 2.56. The molecule has 1 unspecified atom stereocenters. The number of quaternary nitrogens is 1. The molecule has 0 aromatic carbocycles. The van der Waals surface area contributed by atoms with Crippen LogP contribution < -0.4 is 0 Å². The fourth-order valence-electron chi connectivity index (χ4n) is 3.29. The van der Waals surface area contributed by atoms with Crippen molar-refractivity contribution in [3.63, 3.8) is 0 Å². The summed E-state index contributed by atoms with van der Waals surface area (Å²) in [5.41, 5.74) is 0. The molecule has 0 amide bonds. The summed E-state index contributed by atoms with van der Waals surface area (Å²) < 4.78 is 12.0. The smallest absolute Gasteiger partial charge is 0.362 e. The van der Waals surface area contributed by atoms with Crippen molar-refractivity contribution in [1.29, 1.82) is 0 Å². The Morgan fingerprint density at radius 2 is 1.25 bits per heavy atom.